The second kappa shape index (κ2) is 15.0. The highest BCUT2D eigenvalue weighted by molar-refractivity contribution is 5.98. The monoisotopic (exact) mass is 831 g/mol. The van der Waals surface area contributed by atoms with Crippen molar-refractivity contribution in [2.45, 2.75) is 11.8 Å². The molecule has 2 unspecified atom stereocenters. The van der Waals surface area contributed by atoms with Crippen molar-refractivity contribution in [3.63, 3.8) is 0 Å². The molecule has 6 nitrogen and oxygen atoms in total. The molecule has 14 rings (SSSR count). The average molecular weight is 832 g/mol. The summed E-state index contributed by atoms with van der Waals surface area (Å²) in [4.78, 5) is 25.7. The van der Waals surface area contributed by atoms with Crippen molar-refractivity contribution in [3.8, 4) is 79.2 Å². The molecule has 0 radical (unpaired) electrons. The van der Waals surface area contributed by atoms with Gasteiger partial charge in [-0.25, -0.2) is 24.9 Å². The molecule has 11 aromatic rings. The molecule has 304 valence electrons. The van der Waals surface area contributed by atoms with Gasteiger partial charge in [0.25, 0.3) is 0 Å². The Hall–Kier alpha value is -8.61. The maximum absolute atomic E-state index is 6.04. The Morgan fingerprint density at radius 3 is 1.35 bits per heavy atom. The molecule has 2 atom stereocenters. The van der Waals surface area contributed by atoms with E-state index in [1.54, 1.807) is 0 Å². The summed E-state index contributed by atoms with van der Waals surface area (Å²) in [6, 6.07) is 72.0. The summed E-state index contributed by atoms with van der Waals surface area (Å²) >= 11 is 0. The van der Waals surface area contributed by atoms with Crippen molar-refractivity contribution in [2.75, 3.05) is 0 Å². The molecule has 3 heterocycles. The Balaban J connectivity index is 0.945. The van der Waals surface area contributed by atoms with E-state index in [2.05, 4.69) is 115 Å². The van der Waals surface area contributed by atoms with E-state index in [0.717, 1.165) is 66.9 Å². The van der Waals surface area contributed by atoms with Crippen LogP contribution in [-0.2, 0) is 0 Å². The molecule has 8 aromatic carbocycles. The first-order valence-corrected chi connectivity index (χ1v) is 22.0. The zero-order valence-corrected chi connectivity index (χ0v) is 35.0. The second-order valence-corrected chi connectivity index (χ2v) is 16.7. The number of fused-ring (bicyclic) bond motifs is 1. The summed E-state index contributed by atoms with van der Waals surface area (Å²) in [5.74, 6) is 2.71. The van der Waals surface area contributed by atoms with Crippen LogP contribution < -0.4 is 0 Å². The van der Waals surface area contributed by atoms with Crippen molar-refractivity contribution in [1.29, 1.82) is 0 Å². The normalized spacial score (nSPS) is 14.5. The highest BCUT2D eigenvalue weighted by atomic mass is 16.3. The number of nitrogens with zero attached hydrogens (tertiary/aromatic N) is 5. The fraction of sp³-hybridized carbons (Fsp3) is 0.0339. The number of furan rings is 1. The van der Waals surface area contributed by atoms with Crippen LogP contribution in [0.1, 0.15) is 45.2 Å². The van der Waals surface area contributed by atoms with Crippen LogP contribution in [0.25, 0.3) is 90.2 Å². The van der Waals surface area contributed by atoms with Crippen LogP contribution >= 0.6 is 0 Å². The summed E-state index contributed by atoms with van der Waals surface area (Å²) in [5.41, 5.74) is 18.4. The SMILES string of the molecule is c1ccc(-c2nc(-c3ccc4c(c3)C3c5ccccc5C4c4cc(-c5nc(-c6ccccc6)nc(-c6ccccc6)n5)ccc43)cc(-c3ccccc3-c3coc4ccccc34)n2)cc1. The highest BCUT2D eigenvalue weighted by Crippen LogP contribution is 2.56. The highest BCUT2D eigenvalue weighted by Gasteiger charge is 2.41. The van der Waals surface area contributed by atoms with Crippen molar-refractivity contribution < 1.29 is 4.42 Å². The van der Waals surface area contributed by atoms with E-state index in [4.69, 9.17) is 29.3 Å². The van der Waals surface area contributed by atoms with E-state index in [1.807, 2.05) is 97.3 Å². The molecule has 65 heavy (non-hydrogen) atoms. The Bertz CT molecular complexity index is 3560. The van der Waals surface area contributed by atoms with Gasteiger partial charge in [-0.1, -0.05) is 182 Å². The van der Waals surface area contributed by atoms with Crippen molar-refractivity contribution in [2.24, 2.45) is 0 Å². The topological polar surface area (TPSA) is 77.6 Å². The summed E-state index contributed by atoms with van der Waals surface area (Å²) in [5, 5.41) is 1.07. The molecule has 0 spiro atoms. The number of rotatable bonds is 7. The van der Waals surface area contributed by atoms with Gasteiger partial charge >= 0.3 is 0 Å². The van der Waals surface area contributed by atoms with Gasteiger partial charge in [0.15, 0.2) is 23.3 Å². The average Bonchev–Trinajstić information content (AvgIpc) is 3.83. The molecular weight excluding hydrogens is 795 g/mol. The minimum absolute atomic E-state index is 0.0386. The Morgan fingerprint density at radius 2 is 0.738 bits per heavy atom. The molecule has 3 aliphatic rings. The lowest BCUT2D eigenvalue weighted by atomic mass is 9.60. The van der Waals surface area contributed by atoms with E-state index >= 15 is 0 Å². The van der Waals surface area contributed by atoms with Crippen molar-refractivity contribution >= 4 is 11.0 Å². The fourth-order valence-electron chi connectivity index (χ4n) is 10.0. The number of hydrogen-bond donors (Lipinski definition) is 0. The number of aromatic nitrogens is 5. The molecule has 0 fully saturated rings. The van der Waals surface area contributed by atoms with Gasteiger partial charge in [-0.05, 0) is 63.2 Å². The maximum atomic E-state index is 6.04. The molecular formula is C59H37N5O. The van der Waals surface area contributed by atoms with Gasteiger partial charge in [0, 0.05) is 56.2 Å². The minimum atomic E-state index is 0.0386. The van der Waals surface area contributed by atoms with Gasteiger partial charge in [0.2, 0.25) is 0 Å². The second-order valence-electron chi connectivity index (χ2n) is 16.7. The Labute approximate surface area is 375 Å². The number of para-hydroxylation sites is 1. The smallest absolute Gasteiger partial charge is 0.164 e. The Kier molecular flexibility index (Phi) is 8.56. The first-order chi connectivity index (χ1) is 32.2. The van der Waals surface area contributed by atoms with E-state index in [9.17, 15) is 0 Å². The van der Waals surface area contributed by atoms with Crippen molar-refractivity contribution in [1.82, 2.24) is 24.9 Å². The van der Waals surface area contributed by atoms with Gasteiger partial charge in [0.05, 0.1) is 17.7 Å². The molecule has 0 saturated carbocycles. The molecule has 0 N–H and O–H groups in total. The van der Waals surface area contributed by atoms with Crippen LogP contribution in [0.2, 0.25) is 0 Å². The van der Waals surface area contributed by atoms with Crippen LogP contribution in [0, 0.1) is 0 Å². The van der Waals surface area contributed by atoms with Crippen LogP contribution in [0.5, 0.6) is 0 Å². The number of benzene rings is 8. The summed E-state index contributed by atoms with van der Waals surface area (Å²) < 4.78 is 6.04. The van der Waals surface area contributed by atoms with Gasteiger partial charge < -0.3 is 4.42 Å². The Morgan fingerprint density at radius 1 is 0.292 bits per heavy atom. The predicted octanol–water partition coefficient (Wildman–Crippen LogP) is 14.1. The van der Waals surface area contributed by atoms with E-state index in [-0.39, 0.29) is 11.8 Å². The molecule has 0 saturated heterocycles. The van der Waals surface area contributed by atoms with Gasteiger partial charge in [0.1, 0.15) is 5.58 Å². The molecule has 6 heteroatoms. The first-order valence-electron chi connectivity index (χ1n) is 22.0. The van der Waals surface area contributed by atoms with Crippen LogP contribution in [-0.4, -0.2) is 24.9 Å². The molecule has 2 bridgehead atoms. The first kappa shape index (κ1) is 37.0. The lowest BCUT2D eigenvalue weighted by Crippen LogP contribution is -2.27. The third-order valence-corrected chi connectivity index (χ3v) is 13.0. The largest absolute Gasteiger partial charge is 0.464 e. The minimum Gasteiger partial charge on any atom is -0.464 e. The standard InChI is InChI=1S/C59H37N5O/c1-4-16-36(17-5-1)56-60-51(34-52(61-56)42-23-11-10-22-41(42)50-35-65-53-27-15-14-24-43(50)53)39-28-30-46-48(32-39)54-44-25-12-13-26-45(44)55(46)49-33-40(29-31-47(49)54)59-63-57(37-18-6-2-7-19-37)62-58(64-59)38-20-8-3-9-21-38/h1-35,54-55H. The summed E-state index contributed by atoms with van der Waals surface area (Å²) in [6.07, 6.45) is 1.86. The van der Waals surface area contributed by atoms with E-state index < -0.39 is 0 Å². The van der Waals surface area contributed by atoms with E-state index in [0.29, 0.717) is 23.3 Å². The maximum Gasteiger partial charge on any atom is 0.164 e. The number of hydrogen-bond acceptors (Lipinski definition) is 6. The van der Waals surface area contributed by atoms with Crippen LogP contribution in [0.4, 0.5) is 0 Å². The van der Waals surface area contributed by atoms with Crippen LogP contribution in [0.3, 0.4) is 0 Å². The summed E-state index contributed by atoms with van der Waals surface area (Å²) in [7, 11) is 0. The third-order valence-electron chi connectivity index (χ3n) is 13.0. The van der Waals surface area contributed by atoms with Crippen molar-refractivity contribution in [3.05, 3.63) is 246 Å². The van der Waals surface area contributed by atoms with Gasteiger partial charge in [-0.3, -0.25) is 0 Å². The van der Waals surface area contributed by atoms with Gasteiger partial charge in [-0.2, -0.15) is 0 Å². The quantitative estimate of drug-likeness (QED) is 0.159. The zero-order chi connectivity index (χ0) is 42.8. The van der Waals surface area contributed by atoms with E-state index in [1.165, 1.54) is 33.4 Å². The molecule has 3 aromatic heterocycles. The predicted molar refractivity (Wildman–Crippen MR) is 258 cm³/mol. The zero-order valence-electron chi connectivity index (χ0n) is 35.0. The molecule has 3 aliphatic carbocycles. The third kappa shape index (κ3) is 6.21. The van der Waals surface area contributed by atoms with Crippen LogP contribution in [0.15, 0.2) is 217 Å². The van der Waals surface area contributed by atoms with Gasteiger partial charge in [-0.15, -0.1) is 0 Å². The molecule has 0 aliphatic heterocycles. The lowest BCUT2D eigenvalue weighted by Gasteiger charge is -2.42. The summed E-state index contributed by atoms with van der Waals surface area (Å²) in [6.45, 7) is 0. The lowest BCUT2D eigenvalue weighted by molar-refractivity contribution is 0.617. The fourth-order valence-corrected chi connectivity index (χ4v) is 10.0. The molecule has 0 amide bonds.